The summed E-state index contributed by atoms with van der Waals surface area (Å²) in [6.45, 7) is 0. The molecule has 0 aromatic rings. The Morgan fingerprint density at radius 3 is 1.50 bits per heavy atom. The maximum Gasteiger partial charge on any atom is 0.291 e. The molecule has 0 aliphatic rings. The SMILES string of the molecule is CN(C)C.O=[N+]([O-])O. The maximum atomic E-state index is 8.36. The molecule has 5 heteroatoms. The minimum Gasteiger partial charge on any atom is -0.328 e. The highest BCUT2D eigenvalue weighted by Gasteiger charge is 1.65. The third-order valence-electron chi connectivity index (χ3n) is 0. The van der Waals surface area contributed by atoms with Gasteiger partial charge in [-0.25, -0.2) is 0 Å². The van der Waals surface area contributed by atoms with E-state index in [2.05, 4.69) is 0 Å². The van der Waals surface area contributed by atoms with Crippen molar-refractivity contribution < 1.29 is 10.3 Å². The molecule has 8 heavy (non-hydrogen) atoms. The van der Waals surface area contributed by atoms with Crippen molar-refractivity contribution in [3.8, 4) is 0 Å². The number of rotatable bonds is 0. The van der Waals surface area contributed by atoms with E-state index in [4.69, 9.17) is 15.3 Å². The zero-order valence-electron chi connectivity index (χ0n) is 5.16. The fraction of sp³-hybridized carbons (Fsp3) is 1.00. The van der Waals surface area contributed by atoms with Crippen molar-refractivity contribution in [2.45, 2.75) is 0 Å². The van der Waals surface area contributed by atoms with Crippen molar-refractivity contribution in [2.75, 3.05) is 21.1 Å². The summed E-state index contributed by atoms with van der Waals surface area (Å²) in [5, 5.41) is 13.6. The molecule has 5 nitrogen and oxygen atoms in total. The van der Waals surface area contributed by atoms with Crippen LogP contribution in [0.4, 0.5) is 0 Å². The van der Waals surface area contributed by atoms with Gasteiger partial charge in [-0.05, 0) is 21.1 Å². The summed E-state index contributed by atoms with van der Waals surface area (Å²) in [5.74, 6) is 0. The van der Waals surface area contributed by atoms with Gasteiger partial charge in [-0.3, -0.25) is 0 Å². The van der Waals surface area contributed by atoms with Crippen molar-refractivity contribution in [1.82, 2.24) is 4.90 Å². The molecular weight excluding hydrogens is 112 g/mol. The Labute approximate surface area is 47.6 Å². The highest BCUT2D eigenvalue weighted by Crippen LogP contribution is 1.47. The van der Waals surface area contributed by atoms with Gasteiger partial charge in [-0.1, -0.05) is 0 Å². The fourth-order valence-corrected chi connectivity index (χ4v) is 0. The van der Waals surface area contributed by atoms with Crippen LogP contribution in [0.1, 0.15) is 0 Å². The minimum absolute atomic E-state index is 1.50. The third-order valence-corrected chi connectivity index (χ3v) is 0. The molecule has 50 valence electrons. The van der Waals surface area contributed by atoms with Crippen LogP contribution in [-0.4, -0.2) is 36.3 Å². The molecule has 0 aromatic carbocycles. The van der Waals surface area contributed by atoms with E-state index in [0.717, 1.165) is 0 Å². The average molecular weight is 122 g/mol. The van der Waals surface area contributed by atoms with E-state index in [1.807, 2.05) is 26.0 Å². The van der Waals surface area contributed by atoms with Crippen molar-refractivity contribution in [1.29, 1.82) is 0 Å². The van der Waals surface area contributed by atoms with E-state index < -0.39 is 5.09 Å². The van der Waals surface area contributed by atoms with Gasteiger partial charge in [0, 0.05) is 0 Å². The van der Waals surface area contributed by atoms with Crippen molar-refractivity contribution >= 4 is 0 Å². The second-order valence-electron chi connectivity index (χ2n) is 1.58. The summed E-state index contributed by atoms with van der Waals surface area (Å²) in [7, 11) is 6.00. The van der Waals surface area contributed by atoms with Gasteiger partial charge in [0.2, 0.25) is 0 Å². The monoisotopic (exact) mass is 122 g/mol. The smallest absolute Gasteiger partial charge is 0.291 e. The minimum atomic E-state index is -1.50. The maximum absolute atomic E-state index is 8.36. The van der Waals surface area contributed by atoms with Gasteiger partial charge in [0.05, 0.1) is 0 Å². The first-order chi connectivity index (χ1) is 3.46. The lowest BCUT2D eigenvalue weighted by atomic mass is 11.0. The van der Waals surface area contributed by atoms with Gasteiger partial charge < -0.3 is 10.1 Å². The van der Waals surface area contributed by atoms with Crippen molar-refractivity contribution in [3.63, 3.8) is 0 Å². The van der Waals surface area contributed by atoms with Gasteiger partial charge in [-0.15, -0.1) is 10.1 Å². The van der Waals surface area contributed by atoms with Gasteiger partial charge in [0.1, 0.15) is 0 Å². The van der Waals surface area contributed by atoms with Crippen LogP contribution in [0.15, 0.2) is 0 Å². The van der Waals surface area contributed by atoms with Gasteiger partial charge in [0.25, 0.3) is 5.09 Å². The number of nitrogens with zero attached hydrogens (tertiary/aromatic N) is 2. The van der Waals surface area contributed by atoms with Gasteiger partial charge in [-0.2, -0.15) is 0 Å². The lowest BCUT2D eigenvalue weighted by Gasteiger charge is -1.90. The van der Waals surface area contributed by atoms with Crippen LogP contribution in [0.25, 0.3) is 0 Å². The van der Waals surface area contributed by atoms with E-state index >= 15 is 0 Å². The predicted molar refractivity (Wildman–Crippen MR) is 28.4 cm³/mol. The molecule has 0 aromatic heterocycles. The highest BCUT2D eigenvalue weighted by atomic mass is 16.9. The Bertz CT molecular complexity index is 56.8. The second-order valence-corrected chi connectivity index (χ2v) is 1.58. The van der Waals surface area contributed by atoms with Crippen molar-refractivity contribution in [2.24, 2.45) is 0 Å². The molecule has 0 radical (unpaired) electrons. The molecule has 0 rings (SSSR count). The lowest BCUT2D eigenvalue weighted by molar-refractivity contribution is -0.742. The average Bonchev–Trinajstić information content (AvgIpc) is 1.25. The first-order valence-corrected chi connectivity index (χ1v) is 1.91. The summed E-state index contributed by atoms with van der Waals surface area (Å²) in [4.78, 5) is 10.4. The predicted octanol–water partition coefficient (Wildman–Crippen LogP) is -0.170. The highest BCUT2D eigenvalue weighted by molar-refractivity contribution is 4.09. The molecule has 0 aliphatic heterocycles. The van der Waals surface area contributed by atoms with Gasteiger partial charge in [0.15, 0.2) is 0 Å². The first-order valence-electron chi connectivity index (χ1n) is 1.91. The van der Waals surface area contributed by atoms with Crippen LogP contribution in [0.5, 0.6) is 0 Å². The molecule has 0 heterocycles. The standard InChI is InChI=1S/C3H9N.HNO3/c1-4(2)3;2-1(3)4/h1-3H3;(H,2,3,4). The molecule has 0 amide bonds. The zero-order chi connectivity index (χ0) is 7.15. The molecule has 0 saturated carbocycles. The van der Waals surface area contributed by atoms with E-state index in [9.17, 15) is 0 Å². The van der Waals surface area contributed by atoms with Crippen molar-refractivity contribution in [3.05, 3.63) is 10.1 Å². The third kappa shape index (κ3) is 127. The Morgan fingerprint density at radius 2 is 1.50 bits per heavy atom. The van der Waals surface area contributed by atoms with E-state index in [0.29, 0.717) is 0 Å². The molecule has 0 aliphatic carbocycles. The second kappa shape index (κ2) is 6.16. The van der Waals surface area contributed by atoms with Crippen LogP contribution >= 0.6 is 0 Å². The number of hydrogen-bond acceptors (Lipinski definition) is 3. The summed E-state index contributed by atoms with van der Waals surface area (Å²) >= 11 is 0. The van der Waals surface area contributed by atoms with E-state index in [1.165, 1.54) is 0 Å². The Kier molecular flexibility index (Phi) is 7.86. The number of hydrogen-bond donors (Lipinski definition) is 1. The van der Waals surface area contributed by atoms with Crippen LogP contribution in [0.3, 0.4) is 0 Å². The molecule has 0 atom stereocenters. The van der Waals surface area contributed by atoms with Gasteiger partial charge >= 0.3 is 0 Å². The molecule has 1 N–H and O–H groups in total. The summed E-state index contributed by atoms with van der Waals surface area (Å²) in [6.07, 6.45) is 0. The molecule has 0 fully saturated rings. The van der Waals surface area contributed by atoms with Crippen LogP contribution in [0, 0.1) is 10.1 Å². The Hall–Kier alpha value is -0.840. The Morgan fingerprint density at radius 1 is 1.50 bits per heavy atom. The summed E-state index contributed by atoms with van der Waals surface area (Å²) < 4.78 is 0. The van der Waals surface area contributed by atoms with E-state index in [1.54, 1.807) is 0 Å². The fourth-order valence-electron chi connectivity index (χ4n) is 0. The first kappa shape index (κ1) is 10.2. The summed E-state index contributed by atoms with van der Waals surface area (Å²) in [5.41, 5.74) is 0. The Balaban J connectivity index is 0. The van der Waals surface area contributed by atoms with Crippen LogP contribution in [0.2, 0.25) is 0 Å². The molecular formula is C3H10N2O3. The molecule has 0 spiro atoms. The molecule has 0 unspecified atom stereocenters. The normalized spacial score (nSPS) is 7.50. The lowest BCUT2D eigenvalue weighted by Crippen LogP contribution is -1.99. The summed E-state index contributed by atoms with van der Waals surface area (Å²) in [6, 6.07) is 0. The topological polar surface area (TPSA) is 66.6 Å². The quantitative estimate of drug-likeness (QED) is 0.358. The van der Waals surface area contributed by atoms with Crippen LogP contribution in [-0.2, 0) is 0 Å². The molecule has 0 bridgehead atoms. The largest absolute Gasteiger partial charge is 0.328 e. The molecule has 0 saturated heterocycles. The van der Waals surface area contributed by atoms with E-state index in [-0.39, 0.29) is 0 Å². The van der Waals surface area contributed by atoms with Crippen LogP contribution < -0.4 is 0 Å². The zero-order valence-corrected chi connectivity index (χ0v) is 5.16.